The van der Waals surface area contributed by atoms with E-state index in [1.165, 1.54) is 18.2 Å². The molecule has 0 saturated carbocycles. The number of aryl methyl sites for hydroxylation is 2. The lowest BCUT2D eigenvalue weighted by molar-refractivity contribution is 0.601. The van der Waals surface area contributed by atoms with Gasteiger partial charge in [-0.05, 0) is 55.3 Å². The highest BCUT2D eigenvalue weighted by atomic mass is 79.9. The fourth-order valence-electron chi connectivity index (χ4n) is 1.95. The van der Waals surface area contributed by atoms with Crippen molar-refractivity contribution in [1.82, 2.24) is 0 Å². The summed E-state index contributed by atoms with van der Waals surface area (Å²) in [4.78, 5) is 0.0294. The highest BCUT2D eigenvalue weighted by Gasteiger charge is 2.18. The number of hydrogen-bond acceptors (Lipinski definition) is 2. The van der Waals surface area contributed by atoms with Gasteiger partial charge in [-0.2, -0.15) is 0 Å². The first-order chi connectivity index (χ1) is 9.69. The Morgan fingerprint density at radius 3 is 1.90 bits per heavy atom. The average molecular weight is 409 g/mol. The van der Waals surface area contributed by atoms with Crippen LogP contribution < -0.4 is 4.72 Å². The molecule has 0 aromatic heterocycles. The summed E-state index contributed by atoms with van der Waals surface area (Å²) in [5, 5.41) is 0.541. The maximum Gasteiger partial charge on any atom is 0.262 e. The zero-order valence-corrected chi connectivity index (χ0v) is 15.2. The minimum Gasteiger partial charge on any atom is -0.279 e. The molecule has 2 aromatic rings. The second-order valence-electron chi connectivity index (χ2n) is 4.63. The molecule has 1 N–H and O–H groups in total. The van der Waals surface area contributed by atoms with Gasteiger partial charge in [0.25, 0.3) is 10.0 Å². The number of nitrogens with one attached hydrogen (secondary N) is 1. The first-order valence-electron chi connectivity index (χ1n) is 5.95. The molecule has 0 radical (unpaired) electrons. The van der Waals surface area contributed by atoms with E-state index in [0.717, 1.165) is 15.6 Å². The predicted molar refractivity (Wildman–Crippen MR) is 90.9 cm³/mol. The Morgan fingerprint density at radius 1 is 0.952 bits per heavy atom. The molecule has 0 heterocycles. The van der Waals surface area contributed by atoms with Crippen molar-refractivity contribution >= 4 is 54.8 Å². The largest absolute Gasteiger partial charge is 0.279 e. The SMILES string of the molecule is Cc1cc(Br)cc(C)c1NS(=O)(=O)c1cc(Cl)cc(Cl)c1. The number of benzene rings is 2. The Morgan fingerprint density at radius 2 is 1.43 bits per heavy atom. The molecule has 2 aromatic carbocycles. The van der Waals surface area contributed by atoms with E-state index in [2.05, 4.69) is 20.7 Å². The lowest BCUT2D eigenvalue weighted by Gasteiger charge is -2.14. The van der Waals surface area contributed by atoms with Crippen molar-refractivity contribution in [1.29, 1.82) is 0 Å². The number of hydrogen-bond donors (Lipinski definition) is 1. The third kappa shape index (κ3) is 3.92. The van der Waals surface area contributed by atoms with E-state index in [4.69, 9.17) is 23.2 Å². The fraction of sp³-hybridized carbons (Fsp3) is 0.143. The Labute approximate surface area is 142 Å². The molecule has 0 bridgehead atoms. The molecule has 0 fully saturated rings. The van der Waals surface area contributed by atoms with Crippen molar-refractivity contribution < 1.29 is 8.42 Å². The van der Waals surface area contributed by atoms with Gasteiger partial charge in [0, 0.05) is 14.5 Å². The highest BCUT2D eigenvalue weighted by molar-refractivity contribution is 9.10. The Hall–Kier alpha value is -0.750. The molecule has 0 saturated heterocycles. The molecule has 0 atom stereocenters. The maximum absolute atomic E-state index is 12.5. The monoisotopic (exact) mass is 407 g/mol. The Balaban J connectivity index is 2.47. The van der Waals surface area contributed by atoms with E-state index in [-0.39, 0.29) is 14.9 Å². The molecular weight excluding hydrogens is 397 g/mol. The van der Waals surface area contributed by atoms with Crippen LogP contribution in [0.15, 0.2) is 39.7 Å². The third-order valence-electron chi connectivity index (χ3n) is 2.88. The van der Waals surface area contributed by atoms with Crippen molar-refractivity contribution in [3.8, 4) is 0 Å². The lowest BCUT2D eigenvalue weighted by Crippen LogP contribution is -2.14. The minimum absolute atomic E-state index is 0.0294. The topological polar surface area (TPSA) is 46.2 Å². The molecule has 0 spiro atoms. The van der Waals surface area contributed by atoms with E-state index < -0.39 is 10.0 Å². The van der Waals surface area contributed by atoms with Crippen LogP contribution in [0, 0.1) is 13.8 Å². The van der Waals surface area contributed by atoms with Gasteiger partial charge in [0.15, 0.2) is 0 Å². The predicted octanol–water partition coefficient (Wildman–Crippen LogP) is 5.17. The summed E-state index contributed by atoms with van der Waals surface area (Å²) in [5.74, 6) is 0. The van der Waals surface area contributed by atoms with Gasteiger partial charge in [-0.25, -0.2) is 8.42 Å². The summed E-state index contributed by atoms with van der Waals surface area (Å²) in [6, 6.07) is 7.89. The molecule has 0 amide bonds. The first-order valence-corrected chi connectivity index (χ1v) is 8.98. The molecule has 112 valence electrons. The molecule has 0 unspecified atom stereocenters. The van der Waals surface area contributed by atoms with Crippen LogP contribution in [0.2, 0.25) is 10.0 Å². The normalized spacial score (nSPS) is 11.5. The van der Waals surface area contributed by atoms with Crippen LogP contribution in [0.4, 0.5) is 5.69 Å². The third-order valence-corrected chi connectivity index (χ3v) is 5.10. The molecule has 0 aliphatic rings. The van der Waals surface area contributed by atoms with Crippen LogP contribution in [-0.4, -0.2) is 8.42 Å². The van der Waals surface area contributed by atoms with Gasteiger partial charge in [-0.3, -0.25) is 4.72 Å². The second kappa shape index (κ2) is 6.16. The maximum atomic E-state index is 12.5. The van der Waals surface area contributed by atoms with Crippen LogP contribution in [0.1, 0.15) is 11.1 Å². The van der Waals surface area contributed by atoms with E-state index >= 15 is 0 Å². The van der Waals surface area contributed by atoms with Crippen LogP contribution in [0.3, 0.4) is 0 Å². The first kappa shape index (κ1) is 16.6. The minimum atomic E-state index is -3.75. The molecule has 21 heavy (non-hydrogen) atoms. The summed E-state index contributed by atoms with van der Waals surface area (Å²) in [6.45, 7) is 3.67. The van der Waals surface area contributed by atoms with Gasteiger partial charge < -0.3 is 0 Å². The molecule has 0 aliphatic carbocycles. The number of anilines is 1. The standard InChI is InChI=1S/C14H12BrCl2NO2S/c1-8-3-10(15)4-9(2)14(8)18-21(19,20)13-6-11(16)5-12(17)7-13/h3-7,18H,1-2H3. The van der Waals surface area contributed by atoms with E-state index in [0.29, 0.717) is 5.69 Å². The van der Waals surface area contributed by atoms with Gasteiger partial charge in [-0.1, -0.05) is 39.1 Å². The summed E-state index contributed by atoms with van der Waals surface area (Å²) in [7, 11) is -3.75. The summed E-state index contributed by atoms with van der Waals surface area (Å²) in [5.41, 5.74) is 2.19. The van der Waals surface area contributed by atoms with Gasteiger partial charge in [0.05, 0.1) is 10.6 Å². The molecular formula is C14H12BrCl2NO2S. The molecule has 0 aliphatic heterocycles. The van der Waals surface area contributed by atoms with E-state index in [1.807, 2.05) is 26.0 Å². The highest BCUT2D eigenvalue weighted by Crippen LogP contribution is 2.29. The van der Waals surface area contributed by atoms with Crippen molar-refractivity contribution in [3.05, 3.63) is 56.0 Å². The molecule has 2 rings (SSSR count). The summed E-state index contributed by atoms with van der Waals surface area (Å²) < 4.78 is 28.4. The summed E-state index contributed by atoms with van der Waals surface area (Å²) >= 11 is 15.1. The van der Waals surface area contributed by atoms with Gasteiger partial charge in [0.2, 0.25) is 0 Å². The number of halogens is 3. The quantitative estimate of drug-likeness (QED) is 0.760. The van der Waals surface area contributed by atoms with Gasteiger partial charge in [-0.15, -0.1) is 0 Å². The van der Waals surface area contributed by atoms with Crippen molar-refractivity contribution in [2.24, 2.45) is 0 Å². The zero-order chi connectivity index (χ0) is 15.8. The van der Waals surface area contributed by atoms with Crippen LogP contribution in [0.25, 0.3) is 0 Å². The number of sulfonamides is 1. The molecule has 7 heteroatoms. The van der Waals surface area contributed by atoms with Crippen LogP contribution in [0.5, 0.6) is 0 Å². The van der Waals surface area contributed by atoms with Crippen molar-refractivity contribution in [2.75, 3.05) is 4.72 Å². The van der Waals surface area contributed by atoms with E-state index in [1.54, 1.807) is 0 Å². The zero-order valence-electron chi connectivity index (χ0n) is 11.2. The van der Waals surface area contributed by atoms with Gasteiger partial charge >= 0.3 is 0 Å². The van der Waals surface area contributed by atoms with E-state index in [9.17, 15) is 8.42 Å². The second-order valence-corrected chi connectivity index (χ2v) is 8.10. The smallest absolute Gasteiger partial charge is 0.262 e. The van der Waals surface area contributed by atoms with Crippen LogP contribution >= 0.6 is 39.1 Å². The summed E-state index contributed by atoms with van der Waals surface area (Å²) in [6.07, 6.45) is 0. The Bertz CT molecular complexity index is 763. The van der Waals surface area contributed by atoms with Crippen molar-refractivity contribution in [2.45, 2.75) is 18.7 Å². The number of rotatable bonds is 3. The fourth-order valence-corrected chi connectivity index (χ4v) is 4.56. The average Bonchev–Trinajstić information content (AvgIpc) is 2.32. The van der Waals surface area contributed by atoms with Crippen LogP contribution in [-0.2, 0) is 10.0 Å². The van der Waals surface area contributed by atoms with Crippen molar-refractivity contribution in [3.63, 3.8) is 0 Å². The van der Waals surface area contributed by atoms with Gasteiger partial charge in [0.1, 0.15) is 0 Å². The Kier molecular flexibility index (Phi) is 4.88. The lowest BCUT2D eigenvalue weighted by atomic mass is 10.1. The molecule has 3 nitrogen and oxygen atoms in total.